The fourth-order valence-corrected chi connectivity index (χ4v) is 6.43. The van der Waals surface area contributed by atoms with E-state index in [-0.39, 0.29) is 0 Å². The summed E-state index contributed by atoms with van der Waals surface area (Å²) in [5.74, 6) is 1.28. The summed E-state index contributed by atoms with van der Waals surface area (Å²) in [7, 11) is 2.23. The van der Waals surface area contributed by atoms with Gasteiger partial charge >= 0.3 is 0 Å². The molecule has 3 fully saturated rings. The minimum absolute atomic E-state index is 0.345. The zero-order chi connectivity index (χ0) is 27.5. The van der Waals surface area contributed by atoms with E-state index in [1.54, 1.807) is 0 Å². The molecule has 0 unspecified atom stereocenters. The maximum Gasteiger partial charge on any atom is 0.151 e. The average molecular weight is 545 g/mol. The monoisotopic (exact) mass is 544 g/mol. The van der Waals surface area contributed by atoms with Crippen LogP contribution in [0, 0.1) is 0 Å². The molecule has 9 heteroatoms. The van der Waals surface area contributed by atoms with Gasteiger partial charge in [0.25, 0.3) is 0 Å². The summed E-state index contributed by atoms with van der Waals surface area (Å²) in [6.07, 6.45) is 7.10. The van der Waals surface area contributed by atoms with Crippen LogP contribution < -0.4 is 11.1 Å². The van der Waals surface area contributed by atoms with Crippen molar-refractivity contribution in [2.75, 3.05) is 70.6 Å². The van der Waals surface area contributed by atoms with Crippen molar-refractivity contribution in [1.29, 1.82) is 0 Å². The van der Waals surface area contributed by atoms with Crippen molar-refractivity contribution < 1.29 is 4.74 Å². The number of fused-ring (bicyclic) bond motifs is 1. The number of aryl methyl sites for hydroxylation is 1. The van der Waals surface area contributed by atoms with Crippen LogP contribution in [-0.4, -0.2) is 101 Å². The predicted octanol–water partition coefficient (Wildman–Crippen LogP) is 3.64. The zero-order valence-corrected chi connectivity index (χ0v) is 24.1. The average Bonchev–Trinajstić information content (AvgIpc) is 2.99. The molecular weight excluding hydrogens is 500 g/mol. The van der Waals surface area contributed by atoms with Gasteiger partial charge in [0.15, 0.2) is 5.82 Å². The normalized spacial score (nSPS) is 20.8. The highest BCUT2D eigenvalue weighted by atomic mass is 16.5. The van der Waals surface area contributed by atoms with Gasteiger partial charge in [0.2, 0.25) is 0 Å². The number of anilines is 2. The minimum Gasteiger partial charge on any atom is -0.382 e. The van der Waals surface area contributed by atoms with E-state index in [1.807, 2.05) is 6.20 Å². The number of nitrogen functional groups attached to an aromatic ring is 1. The Morgan fingerprint density at radius 2 is 1.75 bits per heavy atom. The summed E-state index contributed by atoms with van der Waals surface area (Å²) < 4.78 is 5.55. The molecule has 214 valence electrons. The standard InChI is InChI=1S/C31H44N8O/c1-3-27-31(34-24-9-17-40-18-10-24)36-28-26(20-33-30(32)29(28)35-27)23-6-4-5-22(19-23)21-38-11-7-25(8-12-38)39-15-13-37(2)14-16-39/h4-6,19-20,24-25H,3,7-18,21H2,1-2H3,(H2,32,33)(H,34,36). The van der Waals surface area contributed by atoms with Crippen LogP contribution >= 0.6 is 0 Å². The Morgan fingerprint density at radius 1 is 0.975 bits per heavy atom. The number of rotatable bonds is 7. The second-order valence-corrected chi connectivity index (χ2v) is 11.7. The highest BCUT2D eigenvalue weighted by molar-refractivity contribution is 5.97. The van der Waals surface area contributed by atoms with Crippen molar-refractivity contribution in [3.8, 4) is 11.1 Å². The highest BCUT2D eigenvalue weighted by Crippen LogP contribution is 2.32. The van der Waals surface area contributed by atoms with E-state index in [4.69, 9.17) is 20.4 Å². The van der Waals surface area contributed by atoms with Gasteiger partial charge in [0.05, 0.1) is 5.69 Å². The molecular formula is C31H44N8O. The van der Waals surface area contributed by atoms with Crippen LogP contribution in [0.15, 0.2) is 30.5 Å². The molecule has 0 aliphatic carbocycles. The molecule has 6 rings (SSSR count). The fraction of sp³-hybridized carbons (Fsp3) is 0.581. The number of likely N-dealkylation sites (N-methyl/N-ethyl adjacent to an activating group) is 1. The molecule has 5 heterocycles. The number of hydrogen-bond acceptors (Lipinski definition) is 9. The first-order chi connectivity index (χ1) is 19.6. The molecule has 2 aromatic heterocycles. The lowest BCUT2D eigenvalue weighted by atomic mass is 10.00. The molecule has 0 atom stereocenters. The van der Waals surface area contributed by atoms with E-state index in [2.05, 4.69) is 63.2 Å². The first-order valence-corrected chi connectivity index (χ1v) is 15.1. The van der Waals surface area contributed by atoms with Crippen LogP contribution in [0.1, 0.15) is 43.9 Å². The third-order valence-electron chi connectivity index (χ3n) is 8.95. The SMILES string of the molecule is CCc1nc2c(N)ncc(-c3cccc(CN4CCC(N5CCN(C)CC5)CC4)c3)c2nc1NC1CCOCC1. The number of nitrogens with zero attached hydrogens (tertiary/aromatic N) is 6. The van der Waals surface area contributed by atoms with Gasteiger partial charge in [-0.15, -0.1) is 0 Å². The largest absolute Gasteiger partial charge is 0.382 e. The summed E-state index contributed by atoms with van der Waals surface area (Å²) >= 11 is 0. The maximum absolute atomic E-state index is 6.32. The topological polar surface area (TPSA) is 95.7 Å². The van der Waals surface area contributed by atoms with Crippen molar-refractivity contribution in [1.82, 2.24) is 29.7 Å². The van der Waals surface area contributed by atoms with E-state index in [0.29, 0.717) is 17.4 Å². The van der Waals surface area contributed by atoms with Crippen LogP contribution in [0.25, 0.3) is 22.2 Å². The number of aromatic nitrogens is 3. The molecule has 0 amide bonds. The van der Waals surface area contributed by atoms with E-state index in [1.165, 1.54) is 44.6 Å². The lowest BCUT2D eigenvalue weighted by molar-refractivity contribution is 0.0658. The first kappa shape index (κ1) is 27.3. The number of piperidine rings is 1. The Balaban J connectivity index is 1.20. The van der Waals surface area contributed by atoms with Gasteiger partial charge in [-0.1, -0.05) is 25.1 Å². The summed E-state index contributed by atoms with van der Waals surface area (Å²) in [4.78, 5) is 22.4. The lowest BCUT2D eigenvalue weighted by Gasteiger charge is -2.42. The third kappa shape index (κ3) is 6.07. The Morgan fingerprint density at radius 3 is 2.50 bits per heavy atom. The third-order valence-corrected chi connectivity index (χ3v) is 8.95. The Kier molecular flexibility index (Phi) is 8.43. The van der Waals surface area contributed by atoms with Gasteiger partial charge in [0, 0.05) is 69.8 Å². The molecule has 3 N–H and O–H groups in total. The molecule has 3 aliphatic rings. The van der Waals surface area contributed by atoms with Crippen molar-refractivity contribution in [2.24, 2.45) is 0 Å². The second-order valence-electron chi connectivity index (χ2n) is 11.7. The van der Waals surface area contributed by atoms with Crippen LogP contribution in [-0.2, 0) is 17.7 Å². The Hall–Kier alpha value is -2.85. The number of nitrogens with one attached hydrogen (secondary N) is 1. The van der Waals surface area contributed by atoms with Gasteiger partial charge in [-0.3, -0.25) is 9.80 Å². The van der Waals surface area contributed by atoms with E-state index in [9.17, 15) is 0 Å². The molecule has 40 heavy (non-hydrogen) atoms. The van der Waals surface area contributed by atoms with Gasteiger partial charge in [-0.2, -0.15) is 0 Å². The van der Waals surface area contributed by atoms with E-state index in [0.717, 1.165) is 86.3 Å². The number of hydrogen-bond donors (Lipinski definition) is 2. The number of benzene rings is 1. The van der Waals surface area contributed by atoms with E-state index >= 15 is 0 Å². The molecule has 0 bridgehead atoms. The smallest absolute Gasteiger partial charge is 0.151 e. The Labute approximate surface area is 238 Å². The molecule has 3 saturated heterocycles. The van der Waals surface area contributed by atoms with Gasteiger partial charge in [-0.25, -0.2) is 15.0 Å². The van der Waals surface area contributed by atoms with Crippen LogP contribution in [0.2, 0.25) is 0 Å². The van der Waals surface area contributed by atoms with E-state index < -0.39 is 0 Å². The second kappa shape index (κ2) is 12.3. The summed E-state index contributed by atoms with van der Waals surface area (Å²) in [5.41, 5.74) is 12.2. The fourth-order valence-electron chi connectivity index (χ4n) is 6.43. The summed E-state index contributed by atoms with van der Waals surface area (Å²) in [5, 5.41) is 3.66. The summed E-state index contributed by atoms with van der Waals surface area (Å²) in [6.45, 7) is 11.7. The van der Waals surface area contributed by atoms with Crippen molar-refractivity contribution in [3.05, 3.63) is 41.7 Å². The molecule has 1 aromatic carbocycles. The zero-order valence-electron chi connectivity index (χ0n) is 24.1. The number of nitrogens with two attached hydrogens (primary N) is 1. The molecule has 9 nitrogen and oxygen atoms in total. The molecule has 0 saturated carbocycles. The first-order valence-electron chi connectivity index (χ1n) is 15.1. The molecule has 3 aromatic rings. The maximum atomic E-state index is 6.32. The number of pyridine rings is 1. The molecule has 0 spiro atoms. The minimum atomic E-state index is 0.345. The van der Waals surface area contributed by atoms with Crippen LogP contribution in [0.3, 0.4) is 0 Å². The van der Waals surface area contributed by atoms with Gasteiger partial charge in [0.1, 0.15) is 16.9 Å². The quantitative estimate of drug-likeness (QED) is 0.462. The highest BCUT2D eigenvalue weighted by Gasteiger charge is 2.27. The number of piperazine rings is 1. The van der Waals surface area contributed by atoms with Crippen molar-refractivity contribution in [3.63, 3.8) is 0 Å². The summed E-state index contributed by atoms with van der Waals surface area (Å²) in [6, 6.07) is 9.91. The number of ether oxygens (including phenoxy) is 1. The predicted molar refractivity (Wildman–Crippen MR) is 161 cm³/mol. The van der Waals surface area contributed by atoms with Crippen LogP contribution in [0.4, 0.5) is 11.6 Å². The lowest BCUT2D eigenvalue weighted by Crippen LogP contribution is -2.52. The molecule has 0 radical (unpaired) electrons. The van der Waals surface area contributed by atoms with Crippen molar-refractivity contribution >= 4 is 22.7 Å². The van der Waals surface area contributed by atoms with Gasteiger partial charge < -0.3 is 20.7 Å². The molecule has 3 aliphatic heterocycles. The van der Waals surface area contributed by atoms with Gasteiger partial charge in [-0.05, 0) is 69.4 Å². The van der Waals surface area contributed by atoms with Crippen molar-refractivity contribution in [2.45, 2.75) is 57.7 Å². The number of likely N-dealkylation sites (tertiary alicyclic amines) is 1. The Bertz CT molecular complexity index is 1290. The van der Waals surface area contributed by atoms with Crippen LogP contribution in [0.5, 0.6) is 0 Å².